The Morgan fingerprint density at radius 3 is 2.61 bits per heavy atom. The van der Waals surface area contributed by atoms with Crippen LogP contribution in [0.2, 0.25) is 0 Å². The fourth-order valence-corrected chi connectivity index (χ4v) is 5.61. The van der Waals surface area contributed by atoms with Crippen molar-refractivity contribution in [3.05, 3.63) is 89.9 Å². The zero-order chi connectivity index (χ0) is 26.2. The van der Waals surface area contributed by atoms with E-state index in [0.717, 1.165) is 60.0 Å². The molecule has 6 nitrogen and oxygen atoms in total. The van der Waals surface area contributed by atoms with E-state index in [1.165, 1.54) is 49.9 Å². The molecule has 2 aliphatic rings. The first kappa shape index (κ1) is 26.1. The van der Waals surface area contributed by atoms with Gasteiger partial charge in [0.15, 0.2) is 12.1 Å². The second-order valence-corrected chi connectivity index (χ2v) is 10.4. The number of nitrogens with one attached hydrogen (secondary N) is 1. The molecule has 0 atom stereocenters. The highest BCUT2D eigenvalue weighted by Crippen LogP contribution is 2.28. The molecule has 3 heterocycles. The molecular weight excluding hydrogens is 470 g/mol. The van der Waals surface area contributed by atoms with Crippen LogP contribution in [0.15, 0.2) is 73.1 Å². The zero-order valence-corrected chi connectivity index (χ0v) is 22.2. The molecule has 196 valence electrons. The Bertz CT molecular complexity index is 1330. The molecule has 0 saturated heterocycles. The number of hydrogen-bond acceptors (Lipinski definition) is 6. The van der Waals surface area contributed by atoms with E-state index >= 15 is 0 Å². The van der Waals surface area contributed by atoms with Gasteiger partial charge in [-0.1, -0.05) is 48.5 Å². The lowest BCUT2D eigenvalue weighted by molar-refractivity contribution is 0.112. The average molecular weight is 508 g/mol. The van der Waals surface area contributed by atoms with E-state index in [0.29, 0.717) is 5.56 Å². The molecule has 6 rings (SSSR count). The van der Waals surface area contributed by atoms with Gasteiger partial charge in [0.1, 0.15) is 0 Å². The van der Waals surface area contributed by atoms with Crippen molar-refractivity contribution >= 4 is 17.2 Å². The number of rotatable bonds is 6. The minimum Gasteiger partial charge on any atom is -0.317 e. The third-order valence-electron chi connectivity index (χ3n) is 7.97. The second-order valence-electron chi connectivity index (χ2n) is 10.4. The van der Waals surface area contributed by atoms with Crippen molar-refractivity contribution in [2.45, 2.75) is 51.1 Å². The first-order chi connectivity index (χ1) is 18.7. The van der Waals surface area contributed by atoms with Crippen molar-refractivity contribution < 1.29 is 4.79 Å². The van der Waals surface area contributed by atoms with Crippen LogP contribution in [0.4, 0.5) is 0 Å². The van der Waals surface area contributed by atoms with E-state index in [1.807, 2.05) is 48.7 Å². The van der Waals surface area contributed by atoms with E-state index in [9.17, 15) is 4.79 Å². The molecule has 1 N–H and O–H groups in total. The second kappa shape index (κ2) is 12.9. The molecule has 0 bridgehead atoms. The van der Waals surface area contributed by atoms with E-state index in [1.54, 1.807) is 12.3 Å². The fraction of sp³-hybridized carbons (Fsp3) is 0.375. The number of hydrogen-bond donors (Lipinski definition) is 1. The van der Waals surface area contributed by atoms with Crippen LogP contribution in [0, 0.1) is 5.92 Å². The molecule has 38 heavy (non-hydrogen) atoms. The van der Waals surface area contributed by atoms with Crippen molar-refractivity contribution in [2.24, 2.45) is 5.92 Å². The summed E-state index contributed by atoms with van der Waals surface area (Å²) in [5.41, 5.74) is 5.22. The van der Waals surface area contributed by atoms with Crippen LogP contribution in [0.3, 0.4) is 0 Å². The number of carbonyl (C=O) groups excluding carboxylic acids is 1. The van der Waals surface area contributed by atoms with Crippen LogP contribution in [-0.4, -0.2) is 52.3 Å². The predicted molar refractivity (Wildman–Crippen MR) is 153 cm³/mol. The summed E-state index contributed by atoms with van der Waals surface area (Å²) >= 11 is 0. The number of nitrogens with zero attached hydrogens (tertiary/aromatic N) is 4. The molecular formula is C32H37N5O. The predicted octanol–water partition coefficient (Wildman–Crippen LogP) is 5.72. The topological polar surface area (TPSA) is 71.0 Å². The first-order valence-corrected chi connectivity index (χ1v) is 13.8. The number of aromatic nitrogens is 3. The van der Waals surface area contributed by atoms with E-state index in [2.05, 4.69) is 39.4 Å². The van der Waals surface area contributed by atoms with Crippen molar-refractivity contribution in [1.82, 2.24) is 25.2 Å². The summed E-state index contributed by atoms with van der Waals surface area (Å²) in [4.78, 5) is 26.8. The Balaban J connectivity index is 0.000000204. The zero-order valence-electron chi connectivity index (χ0n) is 22.2. The van der Waals surface area contributed by atoms with E-state index < -0.39 is 0 Å². The third kappa shape index (κ3) is 6.50. The largest absolute Gasteiger partial charge is 0.317 e. The lowest BCUT2D eigenvalue weighted by atomic mass is 9.84. The van der Waals surface area contributed by atoms with Gasteiger partial charge in [-0.3, -0.25) is 14.7 Å². The van der Waals surface area contributed by atoms with Gasteiger partial charge >= 0.3 is 0 Å². The normalized spacial score (nSPS) is 19.3. The van der Waals surface area contributed by atoms with Gasteiger partial charge in [-0.15, -0.1) is 0 Å². The number of benzene rings is 2. The maximum Gasteiger partial charge on any atom is 0.159 e. The van der Waals surface area contributed by atoms with Gasteiger partial charge in [0, 0.05) is 48.0 Å². The van der Waals surface area contributed by atoms with Crippen molar-refractivity contribution in [1.29, 1.82) is 0 Å². The molecule has 0 amide bonds. The van der Waals surface area contributed by atoms with Gasteiger partial charge in [-0.25, -0.2) is 9.97 Å². The van der Waals surface area contributed by atoms with Crippen molar-refractivity contribution in [3.63, 3.8) is 0 Å². The molecule has 1 saturated carbocycles. The molecule has 1 aliphatic carbocycles. The molecule has 2 aromatic carbocycles. The summed E-state index contributed by atoms with van der Waals surface area (Å²) in [7, 11) is 2.10. The standard InChI is InChI=1S/C22H30N4.C10H7NO/c1-23-20-9-7-17(8-10-20)11-13-26-14-12-19-15-24-22(25-21(19)16-26)18-5-3-2-4-6-18;12-7-8-3-1-5-10-9(8)4-2-6-11-10/h2-6,15,17,20,23H,7-14,16H2,1H3;1-7H. The Morgan fingerprint density at radius 1 is 0.974 bits per heavy atom. The van der Waals surface area contributed by atoms with Crippen molar-refractivity contribution in [3.8, 4) is 11.4 Å². The highest BCUT2D eigenvalue weighted by molar-refractivity contribution is 5.96. The molecule has 0 spiro atoms. The van der Waals surface area contributed by atoms with Crippen molar-refractivity contribution in [2.75, 3.05) is 20.1 Å². The summed E-state index contributed by atoms with van der Waals surface area (Å²) < 4.78 is 0. The Morgan fingerprint density at radius 2 is 1.82 bits per heavy atom. The summed E-state index contributed by atoms with van der Waals surface area (Å²) in [5, 5.41) is 4.35. The molecule has 0 unspecified atom stereocenters. The van der Waals surface area contributed by atoms with Crippen LogP contribution < -0.4 is 5.32 Å². The van der Waals surface area contributed by atoms with Gasteiger partial charge in [0.25, 0.3) is 0 Å². The van der Waals surface area contributed by atoms with E-state index in [4.69, 9.17) is 4.98 Å². The number of aldehydes is 1. The van der Waals surface area contributed by atoms with Gasteiger partial charge in [-0.2, -0.15) is 0 Å². The highest BCUT2D eigenvalue weighted by atomic mass is 16.1. The SMILES string of the molecule is CNC1CCC(CCN2CCc3cnc(-c4ccccc4)nc3C2)CC1.O=Cc1cccc2ncccc12. The monoisotopic (exact) mass is 507 g/mol. The van der Waals surface area contributed by atoms with Gasteiger partial charge in [0.2, 0.25) is 0 Å². The highest BCUT2D eigenvalue weighted by Gasteiger charge is 2.23. The van der Waals surface area contributed by atoms with Gasteiger partial charge in [-0.05, 0) is 75.7 Å². The first-order valence-electron chi connectivity index (χ1n) is 13.8. The lowest BCUT2D eigenvalue weighted by Gasteiger charge is -2.32. The molecule has 1 fully saturated rings. The molecule has 0 radical (unpaired) electrons. The van der Waals surface area contributed by atoms with E-state index in [-0.39, 0.29) is 0 Å². The fourth-order valence-electron chi connectivity index (χ4n) is 5.61. The summed E-state index contributed by atoms with van der Waals surface area (Å²) in [5.74, 6) is 1.77. The summed E-state index contributed by atoms with van der Waals surface area (Å²) in [6.45, 7) is 3.33. The van der Waals surface area contributed by atoms with Crippen LogP contribution in [0.25, 0.3) is 22.3 Å². The minimum absolute atomic E-state index is 0.695. The quantitative estimate of drug-likeness (QED) is 0.337. The summed E-state index contributed by atoms with van der Waals surface area (Å²) in [6, 6.07) is 20.3. The molecule has 1 aliphatic heterocycles. The maximum atomic E-state index is 10.6. The Labute approximate surface area is 225 Å². The van der Waals surface area contributed by atoms with Crippen LogP contribution in [-0.2, 0) is 13.0 Å². The van der Waals surface area contributed by atoms with Crippen LogP contribution in [0.1, 0.15) is 53.7 Å². The van der Waals surface area contributed by atoms with Crippen LogP contribution >= 0.6 is 0 Å². The summed E-state index contributed by atoms with van der Waals surface area (Å²) in [6.07, 6.45) is 12.5. The Hall–Kier alpha value is -3.48. The molecule has 2 aromatic heterocycles. The smallest absolute Gasteiger partial charge is 0.159 e. The molecule has 4 aromatic rings. The molecule has 6 heteroatoms. The van der Waals surface area contributed by atoms with Gasteiger partial charge in [0.05, 0.1) is 11.2 Å². The van der Waals surface area contributed by atoms with Gasteiger partial charge < -0.3 is 5.32 Å². The minimum atomic E-state index is 0.695. The average Bonchev–Trinajstić information content (AvgIpc) is 3.00. The van der Waals surface area contributed by atoms with Crippen LogP contribution in [0.5, 0.6) is 0 Å². The number of carbonyl (C=O) groups is 1. The number of fused-ring (bicyclic) bond motifs is 2. The number of pyridine rings is 1. The Kier molecular flexibility index (Phi) is 8.84. The maximum absolute atomic E-state index is 10.6. The third-order valence-corrected chi connectivity index (χ3v) is 7.97. The lowest BCUT2D eigenvalue weighted by Crippen LogP contribution is -2.34.